The molecule has 2 amide bonds. The van der Waals surface area contributed by atoms with Crippen molar-refractivity contribution < 1.29 is 14.3 Å². The Bertz CT molecular complexity index is 373. The number of nitrogens with one attached hydrogen (secondary N) is 2. The number of ether oxygens (including phenoxy) is 1. The first-order chi connectivity index (χ1) is 7.61. The maximum absolute atomic E-state index is 11.0. The fourth-order valence-electron chi connectivity index (χ4n) is 1.06. The zero-order valence-electron chi connectivity index (χ0n) is 9.24. The number of carbonyl (C=O) groups excluding carboxylic acids is 2. The van der Waals surface area contributed by atoms with Gasteiger partial charge in [-0.1, -0.05) is 12.1 Å². The predicted molar refractivity (Wildman–Crippen MR) is 60.0 cm³/mol. The lowest BCUT2D eigenvalue weighted by molar-refractivity contribution is -0.142. The summed E-state index contributed by atoms with van der Waals surface area (Å²) in [5.41, 5.74) is 1.56. The molecule has 86 valence electrons. The second-order valence-corrected chi connectivity index (χ2v) is 3.18. The number of anilines is 1. The number of urea groups is 1. The van der Waals surface area contributed by atoms with Crippen molar-refractivity contribution in [1.29, 1.82) is 0 Å². The summed E-state index contributed by atoms with van der Waals surface area (Å²) in [5.74, 6) is -0.312. The van der Waals surface area contributed by atoms with Crippen molar-refractivity contribution in [3.05, 3.63) is 29.8 Å². The van der Waals surface area contributed by atoms with Crippen molar-refractivity contribution >= 4 is 17.7 Å². The van der Waals surface area contributed by atoms with E-state index in [1.807, 2.05) is 0 Å². The number of rotatable bonds is 3. The van der Waals surface area contributed by atoms with E-state index in [1.165, 1.54) is 6.92 Å². The number of hydrogen-bond donors (Lipinski definition) is 2. The van der Waals surface area contributed by atoms with Crippen molar-refractivity contribution in [1.82, 2.24) is 5.32 Å². The molecule has 0 aliphatic heterocycles. The zero-order valence-corrected chi connectivity index (χ0v) is 9.24. The van der Waals surface area contributed by atoms with Gasteiger partial charge in [0.2, 0.25) is 0 Å². The van der Waals surface area contributed by atoms with Crippen LogP contribution in [0.3, 0.4) is 0 Å². The lowest BCUT2D eigenvalue weighted by Crippen LogP contribution is -2.24. The van der Waals surface area contributed by atoms with Crippen LogP contribution in [0.2, 0.25) is 0 Å². The highest BCUT2D eigenvalue weighted by Crippen LogP contribution is 2.10. The van der Waals surface area contributed by atoms with Crippen LogP contribution < -0.4 is 10.6 Å². The molecule has 0 bridgehead atoms. The van der Waals surface area contributed by atoms with Crippen LogP contribution in [0.15, 0.2) is 24.3 Å². The third-order valence-corrected chi connectivity index (χ3v) is 1.88. The second kappa shape index (κ2) is 5.75. The predicted octanol–water partition coefficient (Wildman–Crippen LogP) is 1.50. The molecule has 0 saturated carbocycles. The number of benzene rings is 1. The van der Waals surface area contributed by atoms with Gasteiger partial charge in [0.1, 0.15) is 6.61 Å². The Balaban J connectivity index is 2.54. The summed E-state index contributed by atoms with van der Waals surface area (Å²) in [4.78, 5) is 21.6. The minimum absolute atomic E-state index is 0.246. The van der Waals surface area contributed by atoms with Gasteiger partial charge in [0, 0.05) is 19.7 Å². The van der Waals surface area contributed by atoms with Crippen LogP contribution in [0, 0.1) is 0 Å². The Morgan fingerprint density at radius 1 is 1.25 bits per heavy atom. The zero-order chi connectivity index (χ0) is 12.0. The van der Waals surface area contributed by atoms with E-state index in [-0.39, 0.29) is 18.6 Å². The van der Waals surface area contributed by atoms with Crippen molar-refractivity contribution in [3.63, 3.8) is 0 Å². The van der Waals surface area contributed by atoms with E-state index >= 15 is 0 Å². The second-order valence-electron chi connectivity index (χ2n) is 3.18. The standard InChI is InChI=1S/C11H14N2O3/c1-8(14)16-7-9-3-5-10(6-4-9)13-11(15)12-2/h3-6H,7H2,1-2H3,(H2,12,13,15). The number of hydrogen-bond acceptors (Lipinski definition) is 3. The van der Waals surface area contributed by atoms with E-state index in [4.69, 9.17) is 4.74 Å². The SMILES string of the molecule is CNC(=O)Nc1ccc(COC(C)=O)cc1. The van der Waals surface area contributed by atoms with Gasteiger partial charge in [-0.2, -0.15) is 0 Å². The van der Waals surface area contributed by atoms with Gasteiger partial charge < -0.3 is 15.4 Å². The Kier molecular flexibility index (Phi) is 4.32. The molecular weight excluding hydrogens is 208 g/mol. The summed E-state index contributed by atoms with van der Waals surface area (Å²) in [6.07, 6.45) is 0. The molecule has 0 aromatic heterocycles. The van der Waals surface area contributed by atoms with E-state index in [0.717, 1.165) is 5.56 Å². The molecule has 0 atom stereocenters. The normalized spacial score (nSPS) is 9.38. The van der Waals surface area contributed by atoms with Gasteiger partial charge >= 0.3 is 12.0 Å². The van der Waals surface area contributed by atoms with E-state index in [2.05, 4.69) is 10.6 Å². The van der Waals surface area contributed by atoms with Crippen molar-refractivity contribution in [3.8, 4) is 0 Å². The van der Waals surface area contributed by atoms with Gasteiger partial charge in [0.15, 0.2) is 0 Å². The number of esters is 1. The topological polar surface area (TPSA) is 67.4 Å². The highest BCUT2D eigenvalue weighted by atomic mass is 16.5. The molecule has 5 heteroatoms. The van der Waals surface area contributed by atoms with E-state index in [9.17, 15) is 9.59 Å². The maximum Gasteiger partial charge on any atom is 0.318 e. The Morgan fingerprint density at radius 3 is 2.38 bits per heavy atom. The van der Waals surface area contributed by atoms with E-state index in [1.54, 1.807) is 31.3 Å². The van der Waals surface area contributed by atoms with Crippen LogP contribution >= 0.6 is 0 Å². The van der Waals surface area contributed by atoms with Crippen molar-refractivity contribution in [2.75, 3.05) is 12.4 Å². The highest BCUT2D eigenvalue weighted by Gasteiger charge is 1.99. The smallest absolute Gasteiger partial charge is 0.318 e. The third-order valence-electron chi connectivity index (χ3n) is 1.88. The molecule has 16 heavy (non-hydrogen) atoms. The summed E-state index contributed by atoms with van der Waals surface area (Å²) in [6.45, 7) is 1.61. The first-order valence-electron chi connectivity index (χ1n) is 4.83. The molecule has 0 saturated heterocycles. The van der Waals surface area contributed by atoms with Crippen LogP contribution in [0.25, 0.3) is 0 Å². The van der Waals surface area contributed by atoms with Gasteiger partial charge in [-0.05, 0) is 17.7 Å². The van der Waals surface area contributed by atoms with Gasteiger partial charge in [-0.3, -0.25) is 4.79 Å². The summed E-state index contributed by atoms with van der Waals surface area (Å²) < 4.78 is 4.83. The Labute approximate surface area is 93.8 Å². The van der Waals surface area contributed by atoms with Crippen LogP contribution in [0.5, 0.6) is 0 Å². The van der Waals surface area contributed by atoms with Crippen LogP contribution in [0.4, 0.5) is 10.5 Å². The maximum atomic E-state index is 11.0. The molecule has 0 radical (unpaired) electrons. The van der Waals surface area contributed by atoms with Gasteiger partial charge in [-0.25, -0.2) is 4.79 Å². The average molecular weight is 222 g/mol. The van der Waals surface area contributed by atoms with Gasteiger partial charge in [-0.15, -0.1) is 0 Å². The molecule has 1 aromatic carbocycles. The molecule has 2 N–H and O–H groups in total. The molecule has 0 aliphatic carbocycles. The van der Waals surface area contributed by atoms with Gasteiger partial charge in [0.05, 0.1) is 0 Å². The van der Waals surface area contributed by atoms with Gasteiger partial charge in [0.25, 0.3) is 0 Å². The fourth-order valence-corrected chi connectivity index (χ4v) is 1.06. The lowest BCUT2D eigenvalue weighted by Gasteiger charge is -2.06. The van der Waals surface area contributed by atoms with Crippen molar-refractivity contribution in [2.24, 2.45) is 0 Å². The Morgan fingerprint density at radius 2 is 1.88 bits per heavy atom. The monoisotopic (exact) mass is 222 g/mol. The van der Waals surface area contributed by atoms with Crippen LogP contribution in [0.1, 0.15) is 12.5 Å². The van der Waals surface area contributed by atoms with E-state index in [0.29, 0.717) is 5.69 Å². The van der Waals surface area contributed by atoms with Crippen molar-refractivity contribution in [2.45, 2.75) is 13.5 Å². The highest BCUT2D eigenvalue weighted by molar-refractivity contribution is 5.88. The molecule has 0 aliphatic rings. The molecule has 1 aromatic rings. The number of carbonyl (C=O) groups is 2. The fraction of sp³-hybridized carbons (Fsp3) is 0.273. The minimum atomic E-state index is -0.312. The molecule has 0 heterocycles. The molecule has 0 fully saturated rings. The first kappa shape index (κ1) is 12.0. The third kappa shape index (κ3) is 4.00. The molecule has 0 spiro atoms. The molecule has 0 unspecified atom stereocenters. The largest absolute Gasteiger partial charge is 0.461 e. The van der Waals surface area contributed by atoms with E-state index < -0.39 is 0 Å². The quantitative estimate of drug-likeness (QED) is 0.761. The summed E-state index contributed by atoms with van der Waals surface area (Å²) in [5, 5.41) is 5.07. The number of amides is 2. The molecule has 1 rings (SSSR count). The van der Waals surface area contributed by atoms with Crippen LogP contribution in [-0.2, 0) is 16.1 Å². The summed E-state index contributed by atoms with van der Waals surface area (Å²) in [7, 11) is 1.55. The molecular formula is C11H14N2O3. The summed E-state index contributed by atoms with van der Waals surface area (Å²) in [6, 6.07) is 6.79. The molecule has 5 nitrogen and oxygen atoms in total. The van der Waals surface area contributed by atoms with Crippen LogP contribution in [-0.4, -0.2) is 19.0 Å². The summed E-state index contributed by atoms with van der Waals surface area (Å²) >= 11 is 0. The lowest BCUT2D eigenvalue weighted by atomic mass is 10.2. The minimum Gasteiger partial charge on any atom is -0.461 e. The Hall–Kier alpha value is -2.04. The average Bonchev–Trinajstić information content (AvgIpc) is 2.28. The first-order valence-corrected chi connectivity index (χ1v) is 4.83.